The lowest BCUT2D eigenvalue weighted by atomic mass is 9.88. The Morgan fingerprint density at radius 3 is 2.56 bits per heavy atom. The van der Waals surface area contributed by atoms with Crippen LogP contribution in [0.1, 0.15) is 25.7 Å². The highest BCUT2D eigenvalue weighted by Gasteiger charge is 2.33. The van der Waals surface area contributed by atoms with Gasteiger partial charge < -0.3 is 15.4 Å². The summed E-state index contributed by atoms with van der Waals surface area (Å²) in [5, 5.41) is 6.04. The molecular weight excluding hydrogens is 208 g/mol. The zero-order chi connectivity index (χ0) is 11.5. The van der Waals surface area contributed by atoms with Gasteiger partial charge in [-0.2, -0.15) is 0 Å². The molecular formula is C11H16N2O3. The average molecular weight is 224 g/mol. The van der Waals surface area contributed by atoms with Crippen molar-refractivity contribution in [2.75, 3.05) is 7.11 Å². The standard InChI is InChI=1S/C11H16N2O3/c1-16-10(14)6-9-11(15)13-8-5-3-2-4-7(8)12-9/h6-8,12H,2-5H2,1H3,(H,13,15)/b9-6+/t7-,8+/m1/s1. The van der Waals surface area contributed by atoms with E-state index in [9.17, 15) is 9.59 Å². The van der Waals surface area contributed by atoms with Crippen molar-refractivity contribution < 1.29 is 14.3 Å². The number of ether oxygens (including phenoxy) is 1. The van der Waals surface area contributed by atoms with Crippen molar-refractivity contribution in [1.29, 1.82) is 0 Å². The molecule has 88 valence electrons. The van der Waals surface area contributed by atoms with Crippen LogP contribution < -0.4 is 10.6 Å². The zero-order valence-corrected chi connectivity index (χ0v) is 9.29. The maximum absolute atomic E-state index is 11.7. The Kier molecular flexibility index (Phi) is 3.12. The van der Waals surface area contributed by atoms with E-state index in [4.69, 9.17) is 0 Å². The number of piperazine rings is 1. The Morgan fingerprint density at radius 2 is 1.94 bits per heavy atom. The molecule has 0 aromatic carbocycles. The second-order valence-corrected chi connectivity index (χ2v) is 4.20. The minimum atomic E-state index is -0.507. The van der Waals surface area contributed by atoms with Gasteiger partial charge in [0.15, 0.2) is 0 Å². The lowest BCUT2D eigenvalue weighted by Crippen LogP contribution is -2.58. The molecule has 1 heterocycles. The first-order chi connectivity index (χ1) is 7.70. The molecule has 0 aromatic rings. The molecule has 0 aromatic heterocycles. The van der Waals surface area contributed by atoms with Crippen molar-refractivity contribution >= 4 is 11.9 Å². The SMILES string of the molecule is COC(=O)/C=C1/N[C@@H]2CCCC[C@@H]2NC1=O. The minimum Gasteiger partial charge on any atom is -0.466 e. The van der Waals surface area contributed by atoms with Crippen LogP contribution in [0.2, 0.25) is 0 Å². The average Bonchev–Trinajstić information content (AvgIpc) is 2.30. The van der Waals surface area contributed by atoms with Crippen LogP contribution >= 0.6 is 0 Å². The molecule has 1 aliphatic heterocycles. The molecule has 0 radical (unpaired) electrons. The molecule has 0 bridgehead atoms. The molecule has 5 nitrogen and oxygen atoms in total. The molecule has 5 heteroatoms. The van der Waals surface area contributed by atoms with Gasteiger partial charge in [-0.05, 0) is 12.8 Å². The topological polar surface area (TPSA) is 67.4 Å². The van der Waals surface area contributed by atoms with Gasteiger partial charge in [0.05, 0.1) is 13.2 Å². The zero-order valence-electron chi connectivity index (χ0n) is 9.29. The number of nitrogens with one attached hydrogen (secondary N) is 2. The second-order valence-electron chi connectivity index (χ2n) is 4.20. The third-order valence-corrected chi connectivity index (χ3v) is 3.13. The summed E-state index contributed by atoms with van der Waals surface area (Å²) in [5.74, 6) is -0.722. The Labute approximate surface area is 94.2 Å². The van der Waals surface area contributed by atoms with Crippen LogP contribution in [0.3, 0.4) is 0 Å². The van der Waals surface area contributed by atoms with E-state index in [2.05, 4.69) is 15.4 Å². The van der Waals surface area contributed by atoms with Gasteiger partial charge in [-0.3, -0.25) is 4.79 Å². The van der Waals surface area contributed by atoms with Crippen LogP contribution in [0.4, 0.5) is 0 Å². The predicted octanol–water partition coefficient (Wildman–Crippen LogP) is 0.0739. The minimum absolute atomic E-state index is 0.205. The second kappa shape index (κ2) is 4.55. The lowest BCUT2D eigenvalue weighted by Gasteiger charge is -2.38. The number of fused-ring (bicyclic) bond motifs is 1. The van der Waals surface area contributed by atoms with Crippen molar-refractivity contribution in [1.82, 2.24) is 10.6 Å². The van der Waals surface area contributed by atoms with Crippen molar-refractivity contribution in [2.45, 2.75) is 37.8 Å². The van der Waals surface area contributed by atoms with Gasteiger partial charge in [0.2, 0.25) is 0 Å². The molecule has 2 aliphatic rings. The van der Waals surface area contributed by atoms with Gasteiger partial charge in [-0.15, -0.1) is 0 Å². The first-order valence-electron chi connectivity index (χ1n) is 5.58. The summed E-state index contributed by atoms with van der Waals surface area (Å²) in [7, 11) is 1.30. The van der Waals surface area contributed by atoms with Crippen LogP contribution in [0.5, 0.6) is 0 Å². The lowest BCUT2D eigenvalue weighted by molar-refractivity contribution is -0.135. The number of hydrogen-bond donors (Lipinski definition) is 2. The van der Waals surface area contributed by atoms with E-state index >= 15 is 0 Å². The van der Waals surface area contributed by atoms with Crippen molar-refractivity contribution in [3.05, 3.63) is 11.8 Å². The quantitative estimate of drug-likeness (QED) is 0.489. The molecule has 0 spiro atoms. The summed E-state index contributed by atoms with van der Waals surface area (Å²) in [6, 6.07) is 0.457. The molecule has 1 aliphatic carbocycles. The van der Waals surface area contributed by atoms with Crippen molar-refractivity contribution in [2.24, 2.45) is 0 Å². The van der Waals surface area contributed by atoms with Crippen molar-refractivity contribution in [3.8, 4) is 0 Å². The van der Waals surface area contributed by atoms with E-state index in [0.717, 1.165) is 25.7 Å². The van der Waals surface area contributed by atoms with Gasteiger partial charge in [-0.1, -0.05) is 12.8 Å². The number of carbonyl (C=O) groups is 2. The Balaban J connectivity index is 2.08. The number of amides is 1. The van der Waals surface area contributed by atoms with Gasteiger partial charge in [0.1, 0.15) is 5.70 Å². The fourth-order valence-corrected chi connectivity index (χ4v) is 2.27. The van der Waals surface area contributed by atoms with Crippen LogP contribution in [0.25, 0.3) is 0 Å². The summed E-state index contributed by atoms with van der Waals surface area (Å²) in [5.41, 5.74) is 0.315. The molecule has 2 atom stereocenters. The Hall–Kier alpha value is -1.52. The van der Waals surface area contributed by atoms with Crippen LogP contribution in [-0.4, -0.2) is 31.1 Å². The number of esters is 1. The molecule has 1 saturated carbocycles. The summed E-state index contributed by atoms with van der Waals surface area (Å²) in [6.45, 7) is 0. The fourth-order valence-electron chi connectivity index (χ4n) is 2.27. The summed E-state index contributed by atoms with van der Waals surface area (Å²) >= 11 is 0. The summed E-state index contributed by atoms with van der Waals surface area (Å²) in [4.78, 5) is 22.7. The van der Waals surface area contributed by atoms with E-state index in [0.29, 0.717) is 5.70 Å². The normalized spacial score (nSPS) is 31.3. The van der Waals surface area contributed by atoms with Crippen molar-refractivity contribution in [3.63, 3.8) is 0 Å². The largest absolute Gasteiger partial charge is 0.466 e. The maximum Gasteiger partial charge on any atom is 0.332 e. The van der Waals surface area contributed by atoms with Gasteiger partial charge >= 0.3 is 5.97 Å². The first-order valence-corrected chi connectivity index (χ1v) is 5.58. The third-order valence-electron chi connectivity index (χ3n) is 3.13. The van der Waals surface area contributed by atoms with E-state index in [1.807, 2.05) is 0 Å². The van der Waals surface area contributed by atoms with E-state index in [1.165, 1.54) is 13.2 Å². The molecule has 2 rings (SSSR count). The highest BCUT2D eigenvalue weighted by molar-refractivity contribution is 5.99. The third kappa shape index (κ3) is 2.18. The van der Waals surface area contributed by atoms with Crippen LogP contribution in [0.15, 0.2) is 11.8 Å². The van der Waals surface area contributed by atoms with Crippen LogP contribution in [0, 0.1) is 0 Å². The summed E-state index contributed by atoms with van der Waals surface area (Å²) in [6.07, 6.45) is 5.56. The molecule has 2 N–H and O–H groups in total. The van der Waals surface area contributed by atoms with E-state index in [1.54, 1.807) is 0 Å². The number of methoxy groups -OCH3 is 1. The highest BCUT2D eigenvalue weighted by atomic mass is 16.5. The van der Waals surface area contributed by atoms with E-state index in [-0.39, 0.29) is 18.0 Å². The molecule has 2 fully saturated rings. The summed E-state index contributed by atoms with van der Waals surface area (Å²) < 4.78 is 4.50. The van der Waals surface area contributed by atoms with Gasteiger partial charge in [-0.25, -0.2) is 4.79 Å². The highest BCUT2D eigenvalue weighted by Crippen LogP contribution is 2.22. The Morgan fingerprint density at radius 1 is 1.31 bits per heavy atom. The monoisotopic (exact) mass is 224 g/mol. The molecule has 1 amide bonds. The number of carbonyl (C=O) groups excluding carboxylic acids is 2. The number of hydrogen-bond acceptors (Lipinski definition) is 4. The maximum atomic E-state index is 11.7. The number of rotatable bonds is 1. The first kappa shape index (κ1) is 11.0. The fraction of sp³-hybridized carbons (Fsp3) is 0.636. The Bertz CT molecular complexity index is 338. The predicted molar refractivity (Wildman–Crippen MR) is 57.4 cm³/mol. The van der Waals surface area contributed by atoms with E-state index < -0.39 is 5.97 Å². The molecule has 0 unspecified atom stereocenters. The van der Waals surface area contributed by atoms with Gasteiger partial charge in [0.25, 0.3) is 5.91 Å². The molecule has 1 saturated heterocycles. The molecule has 16 heavy (non-hydrogen) atoms. The van der Waals surface area contributed by atoms with Gasteiger partial charge in [0, 0.05) is 12.1 Å². The van der Waals surface area contributed by atoms with Crippen LogP contribution in [-0.2, 0) is 14.3 Å². The smallest absolute Gasteiger partial charge is 0.332 e.